The third-order valence-corrected chi connectivity index (χ3v) is 6.26. The Morgan fingerprint density at radius 2 is 1.50 bits per heavy atom. The predicted octanol–water partition coefficient (Wildman–Crippen LogP) is 5.77. The van der Waals surface area contributed by atoms with E-state index in [1.54, 1.807) is 0 Å². The van der Waals surface area contributed by atoms with Gasteiger partial charge in [0.25, 0.3) is 5.91 Å². The first-order chi connectivity index (χ1) is 15.7. The highest BCUT2D eigenvalue weighted by Crippen LogP contribution is 2.40. The first kappa shape index (κ1) is 20.5. The number of para-hydroxylation sites is 1. The molecule has 3 aromatic rings. The molecule has 0 unspecified atom stereocenters. The van der Waals surface area contributed by atoms with Gasteiger partial charge in [-0.1, -0.05) is 31.0 Å². The molecule has 2 fully saturated rings. The lowest BCUT2D eigenvalue weighted by Gasteiger charge is -2.20. The van der Waals surface area contributed by atoms with Gasteiger partial charge in [-0.2, -0.15) is 0 Å². The number of carbonyl (C=O) groups is 2. The van der Waals surface area contributed by atoms with Gasteiger partial charge in [0.2, 0.25) is 0 Å². The summed E-state index contributed by atoms with van der Waals surface area (Å²) in [6, 6.07) is 16.9. The molecular formula is C26H28N4O2. The van der Waals surface area contributed by atoms with Crippen LogP contribution >= 0.6 is 0 Å². The number of hydrogen-bond donors (Lipinski definition) is 2. The van der Waals surface area contributed by atoms with Gasteiger partial charge in [0, 0.05) is 41.5 Å². The fraction of sp³-hybridized carbons (Fsp3) is 0.346. The summed E-state index contributed by atoms with van der Waals surface area (Å²) in [5.41, 5.74) is 3.92. The molecule has 164 valence electrons. The van der Waals surface area contributed by atoms with Gasteiger partial charge in [-0.15, -0.1) is 0 Å². The zero-order valence-corrected chi connectivity index (χ0v) is 18.1. The van der Waals surface area contributed by atoms with Crippen LogP contribution in [0.1, 0.15) is 60.5 Å². The standard InChI is InChI=1S/C26H28N4O2/c31-25(22-17-24(18-9-10-18)29-23-8-4-3-7-21(22)23)27-19-11-13-20(14-12-19)28-26(32)30-15-5-1-2-6-16-30/h3-4,7-8,11-14,17-18H,1-2,5-6,9-10,15-16H2,(H,27,31)(H,28,32). The zero-order valence-electron chi connectivity index (χ0n) is 18.1. The third kappa shape index (κ3) is 4.59. The number of benzene rings is 2. The minimum atomic E-state index is -0.146. The third-order valence-electron chi connectivity index (χ3n) is 6.26. The number of amides is 3. The van der Waals surface area contributed by atoms with Crippen molar-refractivity contribution < 1.29 is 9.59 Å². The molecule has 6 nitrogen and oxygen atoms in total. The molecule has 2 aromatic carbocycles. The quantitative estimate of drug-likeness (QED) is 0.554. The van der Waals surface area contributed by atoms with Crippen molar-refractivity contribution in [1.82, 2.24) is 9.88 Å². The largest absolute Gasteiger partial charge is 0.325 e. The molecule has 2 aliphatic rings. The van der Waals surface area contributed by atoms with E-state index < -0.39 is 0 Å². The van der Waals surface area contributed by atoms with Crippen LogP contribution in [-0.4, -0.2) is 34.9 Å². The minimum absolute atomic E-state index is 0.0560. The molecule has 6 heteroatoms. The Bertz CT molecular complexity index is 1130. The summed E-state index contributed by atoms with van der Waals surface area (Å²) in [5, 5.41) is 6.83. The Labute approximate surface area is 188 Å². The van der Waals surface area contributed by atoms with Gasteiger partial charge in [-0.25, -0.2) is 4.79 Å². The van der Waals surface area contributed by atoms with Crippen LogP contribution in [0.25, 0.3) is 10.9 Å². The maximum Gasteiger partial charge on any atom is 0.321 e. The zero-order chi connectivity index (χ0) is 21.9. The highest BCUT2D eigenvalue weighted by atomic mass is 16.2. The molecule has 1 aliphatic heterocycles. The SMILES string of the molecule is O=C(Nc1ccc(NC(=O)N2CCCCCC2)cc1)c1cc(C2CC2)nc2ccccc12. The van der Waals surface area contributed by atoms with Gasteiger partial charge >= 0.3 is 6.03 Å². The average molecular weight is 429 g/mol. The van der Waals surface area contributed by atoms with Crippen LogP contribution in [0.15, 0.2) is 54.6 Å². The maximum atomic E-state index is 13.1. The van der Waals surface area contributed by atoms with Gasteiger partial charge in [-0.05, 0) is 62.1 Å². The van der Waals surface area contributed by atoms with Crippen LogP contribution in [0.2, 0.25) is 0 Å². The van der Waals surface area contributed by atoms with E-state index in [2.05, 4.69) is 10.6 Å². The summed E-state index contributed by atoms with van der Waals surface area (Å²) in [7, 11) is 0. The van der Waals surface area contributed by atoms with Crippen molar-refractivity contribution in [3.63, 3.8) is 0 Å². The van der Waals surface area contributed by atoms with E-state index in [-0.39, 0.29) is 11.9 Å². The Balaban J connectivity index is 1.28. The van der Waals surface area contributed by atoms with E-state index in [1.165, 1.54) is 12.8 Å². The molecular weight excluding hydrogens is 400 g/mol. The summed E-state index contributed by atoms with van der Waals surface area (Å²) in [6.45, 7) is 1.62. The van der Waals surface area contributed by atoms with Crippen molar-refractivity contribution in [3.05, 3.63) is 65.9 Å². The lowest BCUT2D eigenvalue weighted by atomic mass is 10.1. The van der Waals surface area contributed by atoms with Crippen molar-refractivity contribution in [2.75, 3.05) is 23.7 Å². The number of fused-ring (bicyclic) bond motifs is 1. The lowest BCUT2D eigenvalue weighted by Crippen LogP contribution is -2.35. The summed E-state index contributed by atoms with van der Waals surface area (Å²) < 4.78 is 0. The summed E-state index contributed by atoms with van der Waals surface area (Å²) >= 11 is 0. The second kappa shape index (κ2) is 8.99. The highest BCUT2D eigenvalue weighted by molar-refractivity contribution is 6.12. The molecule has 2 N–H and O–H groups in total. The molecule has 0 atom stereocenters. The fourth-order valence-electron chi connectivity index (χ4n) is 4.28. The second-order valence-electron chi connectivity index (χ2n) is 8.75. The number of pyridine rings is 1. The number of likely N-dealkylation sites (tertiary alicyclic amines) is 1. The number of anilines is 2. The first-order valence-electron chi connectivity index (χ1n) is 11.5. The molecule has 3 amide bonds. The summed E-state index contributed by atoms with van der Waals surface area (Å²) in [5.74, 6) is 0.324. The Hall–Kier alpha value is -3.41. The van der Waals surface area contributed by atoms with Crippen molar-refractivity contribution in [1.29, 1.82) is 0 Å². The fourth-order valence-corrected chi connectivity index (χ4v) is 4.28. The number of aromatic nitrogens is 1. The smallest absolute Gasteiger partial charge is 0.321 e. The molecule has 1 saturated carbocycles. The highest BCUT2D eigenvalue weighted by Gasteiger charge is 2.27. The Morgan fingerprint density at radius 3 is 2.19 bits per heavy atom. The van der Waals surface area contributed by atoms with Gasteiger partial charge in [0.05, 0.1) is 11.1 Å². The van der Waals surface area contributed by atoms with Crippen molar-refractivity contribution in [2.45, 2.75) is 44.4 Å². The molecule has 2 heterocycles. The van der Waals surface area contributed by atoms with Crippen LogP contribution in [-0.2, 0) is 0 Å². The second-order valence-corrected chi connectivity index (χ2v) is 8.75. The van der Waals surface area contributed by atoms with E-state index in [4.69, 9.17) is 4.98 Å². The topological polar surface area (TPSA) is 74.3 Å². The van der Waals surface area contributed by atoms with E-state index >= 15 is 0 Å². The number of rotatable bonds is 4. The number of hydrogen-bond acceptors (Lipinski definition) is 3. The number of urea groups is 1. The molecule has 1 aliphatic carbocycles. The van der Waals surface area contributed by atoms with Crippen LogP contribution in [0.4, 0.5) is 16.2 Å². The first-order valence-corrected chi connectivity index (χ1v) is 11.5. The molecule has 32 heavy (non-hydrogen) atoms. The van der Waals surface area contributed by atoms with E-state index in [0.717, 1.165) is 61.1 Å². The van der Waals surface area contributed by atoms with Crippen molar-refractivity contribution in [2.24, 2.45) is 0 Å². The summed E-state index contributed by atoms with van der Waals surface area (Å²) in [4.78, 5) is 32.3. The van der Waals surface area contributed by atoms with Crippen LogP contribution in [0.5, 0.6) is 0 Å². The normalized spacial score (nSPS) is 16.4. The maximum absolute atomic E-state index is 13.1. The predicted molar refractivity (Wildman–Crippen MR) is 127 cm³/mol. The summed E-state index contributed by atoms with van der Waals surface area (Å²) in [6.07, 6.45) is 6.77. The van der Waals surface area contributed by atoms with E-state index in [0.29, 0.717) is 17.2 Å². The van der Waals surface area contributed by atoms with E-state index in [9.17, 15) is 9.59 Å². The Kier molecular flexibility index (Phi) is 5.75. The van der Waals surface area contributed by atoms with Gasteiger partial charge < -0.3 is 15.5 Å². The lowest BCUT2D eigenvalue weighted by molar-refractivity contribution is 0.102. The molecule has 0 spiro atoms. The monoisotopic (exact) mass is 428 g/mol. The Morgan fingerprint density at radius 1 is 0.844 bits per heavy atom. The molecule has 5 rings (SSSR count). The molecule has 1 saturated heterocycles. The van der Waals surface area contributed by atoms with Gasteiger partial charge in [0.15, 0.2) is 0 Å². The molecule has 0 bridgehead atoms. The van der Waals surface area contributed by atoms with Gasteiger partial charge in [0.1, 0.15) is 0 Å². The van der Waals surface area contributed by atoms with Gasteiger partial charge in [-0.3, -0.25) is 9.78 Å². The van der Waals surface area contributed by atoms with Crippen LogP contribution in [0, 0.1) is 0 Å². The number of nitrogens with one attached hydrogen (secondary N) is 2. The molecule has 0 radical (unpaired) electrons. The molecule has 1 aromatic heterocycles. The van der Waals surface area contributed by atoms with Crippen molar-refractivity contribution in [3.8, 4) is 0 Å². The van der Waals surface area contributed by atoms with Crippen molar-refractivity contribution >= 4 is 34.2 Å². The van der Waals surface area contributed by atoms with E-state index in [1.807, 2.05) is 59.5 Å². The van der Waals surface area contributed by atoms with Crippen LogP contribution in [0.3, 0.4) is 0 Å². The van der Waals surface area contributed by atoms with Crippen LogP contribution < -0.4 is 10.6 Å². The minimum Gasteiger partial charge on any atom is -0.325 e. The number of carbonyl (C=O) groups excluding carboxylic acids is 2. The number of nitrogens with zero attached hydrogens (tertiary/aromatic N) is 2. The average Bonchev–Trinajstić information content (AvgIpc) is 3.67.